The number of nitrogens with zero attached hydrogens (tertiary/aromatic N) is 1. The molecule has 3 aromatic rings. The van der Waals surface area contributed by atoms with E-state index < -0.39 is 0 Å². The first-order chi connectivity index (χ1) is 11.6. The molecule has 24 heavy (non-hydrogen) atoms. The van der Waals surface area contributed by atoms with E-state index in [4.69, 9.17) is 4.42 Å². The van der Waals surface area contributed by atoms with Crippen molar-refractivity contribution < 1.29 is 9.21 Å². The first kappa shape index (κ1) is 15.2. The molecule has 1 aromatic carbocycles. The van der Waals surface area contributed by atoms with Gasteiger partial charge in [0.2, 0.25) is 0 Å². The molecule has 0 unspecified atom stereocenters. The summed E-state index contributed by atoms with van der Waals surface area (Å²) in [4.78, 5) is 12.6. The Bertz CT molecular complexity index is 926. The molecule has 0 saturated heterocycles. The van der Waals surface area contributed by atoms with Crippen LogP contribution in [0.1, 0.15) is 33.0 Å². The maximum absolute atomic E-state index is 12.6. The van der Waals surface area contributed by atoms with Gasteiger partial charge in [-0.1, -0.05) is 34.1 Å². The number of aromatic amines is 1. The lowest BCUT2D eigenvalue weighted by molar-refractivity contribution is 0.0920. The molecule has 0 aliphatic heterocycles. The molecular formula is C18H16BrN3O2. The van der Waals surface area contributed by atoms with Gasteiger partial charge in [-0.3, -0.25) is 9.89 Å². The maximum Gasteiger partial charge on any atom is 0.287 e. The van der Waals surface area contributed by atoms with Gasteiger partial charge in [-0.15, -0.1) is 0 Å². The molecular weight excluding hydrogens is 370 g/mol. The highest BCUT2D eigenvalue weighted by Gasteiger charge is 2.28. The van der Waals surface area contributed by atoms with Crippen LogP contribution in [0.2, 0.25) is 0 Å². The standard InChI is InChI=1S/C18H16BrN3O2/c1-10-15-14(7-6-12-9-21-22-16(12)15)24-17(10)18(23)20-8-11-4-2-3-5-13(11)19/h2-5,9H,6-8H2,1H3,(H,20,23)(H,21,22). The summed E-state index contributed by atoms with van der Waals surface area (Å²) in [6.45, 7) is 2.37. The number of furan rings is 1. The normalized spacial score (nSPS) is 12.6. The van der Waals surface area contributed by atoms with E-state index in [0.717, 1.165) is 45.5 Å². The molecule has 1 aliphatic rings. The summed E-state index contributed by atoms with van der Waals surface area (Å²) in [6, 6.07) is 7.82. The number of hydrogen-bond donors (Lipinski definition) is 2. The summed E-state index contributed by atoms with van der Waals surface area (Å²) >= 11 is 3.49. The topological polar surface area (TPSA) is 70.9 Å². The third kappa shape index (κ3) is 2.47. The van der Waals surface area contributed by atoms with E-state index in [0.29, 0.717) is 12.3 Å². The zero-order valence-corrected chi connectivity index (χ0v) is 14.7. The Morgan fingerprint density at radius 3 is 3.04 bits per heavy atom. The summed E-state index contributed by atoms with van der Waals surface area (Å²) in [5.74, 6) is 1.04. The summed E-state index contributed by atoms with van der Waals surface area (Å²) in [5, 5.41) is 10.1. The van der Waals surface area contributed by atoms with E-state index in [2.05, 4.69) is 31.4 Å². The second-order valence-electron chi connectivity index (χ2n) is 5.90. The predicted molar refractivity (Wildman–Crippen MR) is 93.7 cm³/mol. The Balaban J connectivity index is 1.60. The number of amides is 1. The monoisotopic (exact) mass is 385 g/mol. The third-order valence-electron chi connectivity index (χ3n) is 4.41. The first-order valence-electron chi connectivity index (χ1n) is 7.81. The van der Waals surface area contributed by atoms with E-state index in [1.165, 1.54) is 5.56 Å². The van der Waals surface area contributed by atoms with Gasteiger partial charge in [-0.25, -0.2) is 0 Å². The van der Waals surface area contributed by atoms with Crippen LogP contribution in [0, 0.1) is 6.92 Å². The SMILES string of the molecule is Cc1c(C(=O)NCc2ccccc2Br)oc2c1-c1[nH]ncc1CC2. The van der Waals surface area contributed by atoms with Crippen LogP contribution in [0.4, 0.5) is 0 Å². The minimum atomic E-state index is -0.196. The van der Waals surface area contributed by atoms with Gasteiger partial charge in [0.1, 0.15) is 5.76 Å². The number of rotatable bonds is 3. The van der Waals surface area contributed by atoms with Gasteiger partial charge in [-0.2, -0.15) is 5.10 Å². The zero-order valence-electron chi connectivity index (χ0n) is 13.1. The van der Waals surface area contributed by atoms with Crippen LogP contribution in [0.3, 0.4) is 0 Å². The van der Waals surface area contributed by atoms with Crippen molar-refractivity contribution in [2.45, 2.75) is 26.3 Å². The van der Waals surface area contributed by atoms with Crippen molar-refractivity contribution in [3.63, 3.8) is 0 Å². The second kappa shape index (κ2) is 5.94. The van der Waals surface area contributed by atoms with Gasteiger partial charge in [0.25, 0.3) is 5.91 Å². The van der Waals surface area contributed by atoms with E-state index in [-0.39, 0.29) is 5.91 Å². The number of H-pyrrole nitrogens is 1. The molecule has 0 saturated carbocycles. The highest BCUT2D eigenvalue weighted by Crippen LogP contribution is 2.37. The summed E-state index contributed by atoms with van der Waals surface area (Å²) in [7, 11) is 0. The van der Waals surface area contributed by atoms with E-state index >= 15 is 0 Å². The number of carbonyl (C=O) groups is 1. The molecule has 2 aromatic heterocycles. The molecule has 0 radical (unpaired) electrons. The number of benzene rings is 1. The first-order valence-corrected chi connectivity index (χ1v) is 8.61. The molecule has 4 rings (SSSR count). The van der Waals surface area contributed by atoms with Crippen molar-refractivity contribution in [1.29, 1.82) is 0 Å². The zero-order chi connectivity index (χ0) is 16.7. The average molecular weight is 386 g/mol. The number of hydrogen-bond acceptors (Lipinski definition) is 3. The molecule has 6 heteroatoms. The Morgan fingerprint density at radius 2 is 2.21 bits per heavy atom. The van der Waals surface area contributed by atoms with Crippen LogP contribution in [0.5, 0.6) is 0 Å². The lowest BCUT2D eigenvalue weighted by Crippen LogP contribution is -2.23. The van der Waals surface area contributed by atoms with Crippen molar-refractivity contribution >= 4 is 21.8 Å². The van der Waals surface area contributed by atoms with Crippen molar-refractivity contribution in [1.82, 2.24) is 15.5 Å². The summed E-state index contributed by atoms with van der Waals surface area (Å²) in [6.07, 6.45) is 3.52. The van der Waals surface area contributed by atoms with Crippen LogP contribution in [0.15, 0.2) is 39.4 Å². The molecule has 0 fully saturated rings. The number of carbonyl (C=O) groups excluding carboxylic acids is 1. The number of aromatic nitrogens is 2. The maximum atomic E-state index is 12.6. The minimum absolute atomic E-state index is 0.196. The van der Waals surface area contributed by atoms with E-state index in [1.54, 1.807) is 0 Å². The Kier molecular flexibility index (Phi) is 3.76. The summed E-state index contributed by atoms with van der Waals surface area (Å²) < 4.78 is 6.85. The molecule has 1 amide bonds. The van der Waals surface area contributed by atoms with Gasteiger partial charge < -0.3 is 9.73 Å². The van der Waals surface area contributed by atoms with Crippen molar-refractivity contribution in [2.75, 3.05) is 0 Å². The fraction of sp³-hybridized carbons (Fsp3) is 0.222. The number of aryl methyl sites for hydroxylation is 2. The smallest absolute Gasteiger partial charge is 0.287 e. The minimum Gasteiger partial charge on any atom is -0.455 e. The Labute approximate surface area is 147 Å². The van der Waals surface area contributed by atoms with Gasteiger partial charge in [-0.05, 0) is 30.5 Å². The molecule has 1 aliphatic carbocycles. The van der Waals surface area contributed by atoms with Crippen molar-refractivity contribution in [3.8, 4) is 11.3 Å². The summed E-state index contributed by atoms with van der Waals surface area (Å²) in [5.41, 5.74) is 5.02. The van der Waals surface area contributed by atoms with Crippen molar-refractivity contribution in [2.24, 2.45) is 0 Å². The van der Waals surface area contributed by atoms with Crippen LogP contribution >= 0.6 is 15.9 Å². The molecule has 2 heterocycles. The van der Waals surface area contributed by atoms with Crippen LogP contribution < -0.4 is 5.32 Å². The van der Waals surface area contributed by atoms with Crippen molar-refractivity contribution in [3.05, 3.63) is 63.1 Å². The number of halogens is 1. The van der Waals surface area contributed by atoms with E-state index in [1.807, 2.05) is 37.4 Å². The highest BCUT2D eigenvalue weighted by molar-refractivity contribution is 9.10. The molecule has 0 spiro atoms. The third-order valence-corrected chi connectivity index (χ3v) is 5.19. The van der Waals surface area contributed by atoms with Crippen LogP contribution in [0.25, 0.3) is 11.3 Å². The molecule has 0 bridgehead atoms. The molecule has 0 atom stereocenters. The number of fused-ring (bicyclic) bond motifs is 3. The highest BCUT2D eigenvalue weighted by atomic mass is 79.9. The lowest BCUT2D eigenvalue weighted by Gasteiger charge is -2.09. The van der Waals surface area contributed by atoms with Gasteiger partial charge in [0.05, 0.1) is 11.9 Å². The fourth-order valence-electron chi connectivity index (χ4n) is 3.16. The van der Waals surface area contributed by atoms with Gasteiger partial charge in [0, 0.05) is 28.6 Å². The van der Waals surface area contributed by atoms with Gasteiger partial charge >= 0.3 is 0 Å². The van der Waals surface area contributed by atoms with Gasteiger partial charge in [0.15, 0.2) is 5.76 Å². The average Bonchev–Trinajstić information content (AvgIpc) is 3.18. The Morgan fingerprint density at radius 1 is 1.38 bits per heavy atom. The van der Waals surface area contributed by atoms with Crippen LogP contribution in [-0.2, 0) is 19.4 Å². The fourth-order valence-corrected chi connectivity index (χ4v) is 3.58. The van der Waals surface area contributed by atoms with E-state index in [9.17, 15) is 4.79 Å². The molecule has 5 nitrogen and oxygen atoms in total. The lowest BCUT2D eigenvalue weighted by atomic mass is 9.93. The quantitative estimate of drug-likeness (QED) is 0.720. The second-order valence-corrected chi connectivity index (χ2v) is 6.75. The molecule has 2 N–H and O–H groups in total. The Hall–Kier alpha value is -2.34. The number of nitrogens with one attached hydrogen (secondary N) is 2. The predicted octanol–water partition coefficient (Wildman–Crippen LogP) is 3.77. The largest absolute Gasteiger partial charge is 0.455 e. The van der Waals surface area contributed by atoms with Crippen LogP contribution in [-0.4, -0.2) is 16.1 Å². The molecule has 122 valence electrons.